The number of amides is 1. The molecule has 3 aromatic carbocycles. The molecule has 176 valence electrons. The summed E-state index contributed by atoms with van der Waals surface area (Å²) in [5, 5.41) is 12.3. The second-order valence-corrected chi connectivity index (χ2v) is 8.53. The lowest BCUT2D eigenvalue weighted by atomic mass is 9.94. The van der Waals surface area contributed by atoms with Crippen molar-refractivity contribution in [1.29, 1.82) is 0 Å². The fourth-order valence-electron chi connectivity index (χ4n) is 4.54. The first kappa shape index (κ1) is 23.4. The van der Waals surface area contributed by atoms with Crippen LogP contribution in [0.5, 0.6) is 5.75 Å². The van der Waals surface area contributed by atoms with Gasteiger partial charge in [0.2, 0.25) is 5.91 Å². The number of nitrogens with one attached hydrogen (secondary N) is 1. The van der Waals surface area contributed by atoms with Crippen LogP contribution >= 0.6 is 0 Å². The fourth-order valence-corrected chi connectivity index (χ4v) is 4.54. The molecule has 3 aromatic rings. The number of rotatable bonds is 8. The number of hydrogen-bond acceptors (Lipinski definition) is 4. The maximum Gasteiger partial charge on any atom is 0.335 e. The van der Waals surface area contributed by atoms with E-state index in [0.717, 1.165) is 54.1 Å². The number of carbonyl (C=O) groups excluding carboxylic acids is 1. The predicted molar refractivity (Wildman–Crippen MR) is 133 cm³/mol. The van der Waals surface area contributed by atoms with Crippen molar-refractivity contribution in [3.05, 3.63) is 95.1 Å². The van der Waals surface area contributed by atoms with Gasteiger partial charge in [0.05, 0.1) is 25.1 Å². The third kappa shape index (κ3) is 5.39. The number of piperidine rings is 1. The zero-order chi connectivity index (χ0) is 23.9. The highest BCUT2D eigenvalue weighted by molar-refractivity contribution is 5.88. The molecule has 1 aliphatic rings. The van der Waals surface area contributed by atoms with Gasteiger partial charge in [-0.25, -0.2) is 4.79 Å². The summed E-state index contributed by atoms with van der Waals surface area (Å²) in [4.78, 5) is 26.7. The summed E-state index contributed by atoms with van der Waals surface area (Å²) in [6.45, 7) is 1.96. The van der Waals surface area contributed by atoms with Gasteiger partial charge in [0.25, 0.3) is 0 Å². The van der Waals surface area contributed by atoms with Crippen molar-refractivity contribution in [1.82, 2.24) is 5.32 Å². The Balaban J connectivity index is 1.67. The minimum Gasteiger partial charge on any atom is -0.496 e. The van der Waals surface area contributed by atoms with Crippen LogP contribution in [0, 0.1) is 0 Å². The van der Waals surface area contributed by atoms with E-state index in [0.29, 0.717) is 0 Å². The average Bonchev–Trinajstić information content (AvgIpc) is 2.88. The molecule has 6 heteroatoms. The normalized spacial score (nSPS) is 14.3. The number of anilines is 1. The zero-order valence-corrected chi connectivity index (χ0v) is 19.4. The van der Waals surface area contributed by atoms with Gasteiger partial charge >= 0.3 is 5.97 Å². The molecular formula is C28H30N2O4. The number of carboxylic acids is 1. The van der Waals surface area contributed by atoms with E-state index in [2.05, 4.69) is 16.3 Å². The molecule has 0 aliphatic carbocycles. The van der Waals surface area contributed by atoms with E-state index in [-0.39, 0.29) is 23.9 Å². The van der Waals surface area contributed by atoms with Crippen LogP contribution in [0.15, 0.2) is 72.8 Å². The topological polar surface area (TPSA) is 78.9 Å². The SMILES string of the molecule is COc1cccc(N2CCCCC2)c1C(NC(=O)Cc1ccc(C(=O)O)cc1)c1ccccc1. The minimum absolute atomic E-state index is 0.146. The first-order chi connectivity index (χ1) is 16.6. The van der Waals surface area contributed by atoms with Crippen LogP contribution in [0.3, 0.4) is 0 Å². The van der Waals surface area contributed by atoms with Crippen LogP contribution in [0.1, 0.15) is 52.4 Å². The first-order valence-electron chi connectivity index (χ1n) is 11.6. The number of carbonyl (C=O) groups is 2. The van der Waals surface area contributed by atoms with Crippen molar-refractivity contribution in [3.8, 4) is 5.75 Å². The summed E-state index contributed by atoms with van der Waals surface area (Å²) in [5.41, 5.74) is 3.96. The number of aromatic carboxylic acids is 1. The second kappa shape index (κ2) is 10.9. The van der Waals surface area contributed by atoms with Crippen molar-refractivity contribution < 1.29 is 19.4 Å². The third-order valence-corrected chi connectivity index (χ3v) is 6.25. The molecule has 34 heavy (non-hydrogen) atoms. The van der Waals surface area contributed by atoms with Gasteiger partial charge in [-0.05, 0) is 54.7 Å². The van der Waals surface area contributed by atoms with E-state index in [4.69, 9.17) is 9.84 Å². The molecule has 6 nitrogen and oxygen atoms in total. The number of ether oxygens (including phenoxy) is 1. The van der Waals surface area contributed by atoms with Crippen LogP contribution in [0.4, 0.5) is 5.69 Å². The van der Waals surface area contributed by atoms with Crippen molar-refractivity contribution in [2.24, 2.45) is 0 Å². The second-order valence-electron chi connectivity index (χ2n) is 8.53. The summed E-state index contributed by atoms with van der Waals surface area (Å²) in [7, 11) is 1.66. The Morgan fingerprint density at radius 2 is 1.65 bits per heavy atom. The van der Waals surface area contributed by atoms with E-state index in [9.17, 15) is 9.59 Å². The van der Waals surface area contributed by atoms with Crippen molar-refractivity contribution in [2.75, 3.05) is 25.1 Å². The summed E-state index contributed by atoms with van der Waals surface area (Å²) in [6.07, 6.45) is 3.67. The van der Waals surface area contributed by atoms with Gasteiger partial charge < -0.3 is 20.1 Å². The van der Waals surface area contributed by atoms with Gasteiger partial charge in [-0.15, -0.1) is 0 Å². The standard InChI is InChI=1S/C28H30N2O4/c1-34-24-12-8-11-23(30-17-6-3-7-18-30)26(24)27(21-9-4-2-5-10-21)29-25(31)19-20-13-15-22(16-14-20)28(32)33/h2,4-5,8-16,27H,3,6-7,17-19H2,1H3,(H,29,31)(H,32,33). The lowest BCUT2D eigenvalue weighted by Crippen LogP contribution is -2.34. The van der Waals surface area contributed by atoms with Gasteiger partial charge in [0.15, 0.2) is 0 Å². The number of hydrogen-bond donors (Lipinski definition) is 2. The molecule has 0 saturated carbocycles. The highest BCUT2D eigenvalue weighted by Crippen LogP contribution is 2.39. The van der Waals surface area contributed by atoms with Gasteiger partial charge in [-0.3, -0.25) is 4.79 Å². The third-order valence-electron chi connectivity index (χ3n) is 6.25. The predicted octanol–water partition coefficient (Wildman–Crippen LogP) is 4.83. The molecule has 0 bridgehead atoms. The molecule has 1 heterocycles. The number of benzene rings is 3. The Labute approximate surface area is 200 Å². The summed E-state index contributed by atoms with van der Waals surface area (Å²) >= 11 is 0. The smallest absolute Gasteiger partial charge is 0.335 e. The Hall–Kier alpha value is -3.80. The molecule has 1 fully saturated rings. The largest absolute Gasteiger partial charge is 0.496 e. The fraction of sp³-hybridized carbons (Fsp3) is 0.286. The van der Waals surface area contributed by atoms with E-state index in [1.165, 1.54) is 18.6 Å². The van der Waals surface area contributed by atoms with E-state index < -0.39 is 5.97 Å². The lowest BCUT2D eigenvalue weighted by molar-refractivity contribution is -0.120. The van der Waals surface area contributed by atoms with Gasteiger partial charge in [-0.1, -0.05) is 48.5 Å². The van der Waals surface area contributed by atoms with Crippen molar-refractivity contribution in [3.63, 3.8) is 0 Å². The molecule has 2 N–H and O–H groups in total. The number of nitrogens with zero attached hydrogens (tertiary/aromatic N) is 1. The molecule has 1 aliphatic heterocycles. The monoisotopic (exact) mass is 458 g/mol. The Morgan fingerprint density at radius 1 is 0.941 bits per heavy atom. The summed E-state index contributed by atoms with van der Waals surface area (Å²) in [6, 6.07) is 22.0. The Bertz CT molecular complexity index is 1120. The molecule has 0 radical (unpaired) electrons. The molecule has 4 rings (SSSR count). The lowest BCUT2D eigenvalue weighted by Gasteiger charge is -2.33. The number of carboxylic acid groups (broad SMARTS) is 1. The van der Waals surface area contributed by atoms with E-state index >= 15 is 0 Å². The molecular weight excluding hydrogens is 428 g/mol. The van der Waals surface area contributed by atoms with Crippen LogP contribution in [0.2, 0.25) is 0 Å². The maximum atomic E-state index is 13.2. The summed E-state index contributed by atoms with van der Waals surface area (Å²) < 4.78 is 5.78. The van der Waals surface area contributed by atoms with Crippen LogP contribution < -0.4 is 15.0 Å². The summed E-state index contributed by atoms with van der Waals surface area (Å²) in [5.74, 6) is -0.392. The van der Waals surface area contributed by atoms with Gasteiger partial charge in [-0.2, -0.15) is 0 Å². The van der Waals surface area contributed by atoms with Crippen molar-refractivity contribution in [2.45, 2.75) is 31.7 Å². The quantitative estimate of drug-likeness (QED) is 0.505. The molecule has 0 aromatic heterocycles. The van der Waals surface area contributed by atoms with E-state index in [1.807, 2.05) is 42.5 Å². The highest BCUT2D eigenvalue weighted by atomic mass is 16.5. The van der Waals surface area contributed by atoms with Crippen LogP contribution in [-0.4, -0.2) is 37.2 Å². The number of methoxy groups -OCH3 is 1. The molecule has 1 unspecified atom stereocenters. The highest BCUT2D eigenvalue weighted by Gasteiger charge is 2.26. The first-order valence-corrected chi connectivity index (χ1v) is 11.6. The minimum atomic E-state index is -0.985. The Kier molecular flexibility index (Phi) is 7.48. The zero-order valence-electron chi connectivity index (χ0n) is 19.4. The van der Waals surface area contributed by atoms with Crippen molar-refractivity contribution >= 4 is 17.6 Å². The van der Waals surface area contributed by atoms with Crippen LogP contribution in [-0.2, 0) is 11.2 Å². The van der Waals surface area contributed by atoms with E-state index in [1.54, 1.807) is 19.2 Å². The molecule has 0 spiro atoms. The maximum absolute atomic E-state index is 13.2. The van der Waals surface area contributed by atoms with Gasteiger partial charge in [0.1, 0.15) is 5.75 Å². The molecule has 1 amide bonds. The van der Waals surface area contributed by atoms with Crippen LogP contribution in [0.25, 0.3) is 0 Å². The molecule has 1 saturated heterocycles. The molecule has 1 atom stereocenters. The average molecular weight is 459 g/mol. The van der Waals surface area contributed by atoms with Gasteiger partial charge in [0, 0.05) is 24.3 Å². The Morgan fingerprint density at radius 3 is 2.29 bits per heavy atom.